The Morgan fingerprint density at radius 1 is 1.36 bits per heavy atom. The molecule has 2 atom stereocenters. The van der Waals surface area contributed by atoms with Crippen LogP contribution in [0.15, 0.2) is 24.3 Å². The predicted molar refractivity (Wildman–Crippen MR) is 90.2 cm³/mol. The van der Waals surface area contributed by atoms with Crippen LogP contribution >= 0.6 is 0 Å². The molecule has 22 heavy (non-hydrogen) atoms. The largest absolute Gasteiger partial charge is 0.352 e. The zero-order valence-corrected chi connectivity index (χ0v) is 14.1. The first kappa shape index (κ1) is 17.0. The van der Waals surface area contributed by atoms with Crippen molar-refractivity contribution in [3.8, 4) is 0 Å². The maximum absolute atomic E-state index is 12.5. The van der Waals surface area contributed by atoms with E-state index in [2.05, 4.69) is 42.5 Å². The second-order valence-electron chi connectivity index (χ2n) is 7.08. The summed E-state index contributed by atoms with van der Waals surface area (Å²) in [5.74, 6) is 0.0360. The maximum atomic E-state index is 12.5. The SMILES string of the molecule is CN(C)Cc1cccc(CNC(=O)C2CCCCC2(C)N)c1. The molecule has 0 spiro atoms. The topological polar surface area (TPSA) is 58.4 Å². The third-order valence-electron chi connectivity index (χ3n) is 4.53. The highest BCUT2D eigenvalue weighted by molar-refractivity contribution is 5.80. The molecule has 0 saturated heterocycles. The van der Waals surface area contributed by atoms with Crippen LogP contribution in [0.4, 0.5) is 0 Å². The third kappa shape index (κ3) is 4.55. The second-order valence-corrected chi connectivity index (χ2v) is 7.08. The van der Waals surface area contributed by atoms with Crippen LogP contribution in [0.1, 0.15) is 43.7 Å². The van der Waals surface area contributed by atoms with Crippen molar-refractivity contribution in [2.45, 2.75) is 51.2 Å². The summed E-state index contributed by atoms with van der Waals surface area (Å²) in [7, 11) is 4.11. The molecule has 0 radical (unpaired) electrons. The number of carbonyl (C=O) groups is 1. The lowest BCUT2D eigenvalue weighted by Crippen LogP contribution is -2.52. The summed E-state index contributed by atoms with van der Waals surface area (Å²) in [5, 5.41) is 3.07. The van der Waals surface area contributed by atoms with Gasteiger partial charge < -0.3 is 16.0 Å². The standard InChI is InChI=1S/C18H29N3O/c1-18(19)10-5-4-9-16(18)17(22)20-12-14-7-6-8-15(11-14)13-21(2)3/h6-8,11,16H,4-5,9-10,12-13,19H2,1-3H3,(H,20,22). The molecule has 122 valence electrons. The van der Waals surface area contributed by atoms with Crippen molar-refractivity contribution in [1.29, 1.82) is 0 Å². The molecule has 0 bridgehead atoms. The summed E-state index contributed by atoms with van der Waals surface area (Å²) < 4.78 is 0. The van der Waals surface area contributed by atoms with Crippen LogP contribution in [0.3, 0.4) is 0 Å². The van der Waals surface area contributed by atoms with Gasteiger partial charge in [0.25, 0.3) is 0 Å². The van der Waals surface area contributed by atoms with E-state index in [0.717, 1.165) is 37.8 Å². The summed E-state index contributed by atoms with van der Waals surface area (Å²) in [4.78, 5) is 14.6. The fourth-order valence-corrected chi connectivity index (χ4v) is 3.30. The predicted octanol–water partition coefficient (Wildman–Crippen LogP) is 2.27. The Labute approximate surface area is 134 Å². The molecule has 1 aromatic carbocycles. The molecule has 3 N–H and O–H groups in total. The van der Waals surface area contributed by atoms with Gasteiger partial charge in [0.15, 0.2) is 0 Å². The molecule has 4 heteroatoms. The lowest BCUT2D eigenvalue weighted by molar-refractivity contribution is -0.128. The van der Waals surface area contributed by atoms with Crippen LogP contribution in [-0.4, -0.2) is 30.4 Å². The first-order valence-electron chi connectivity index (χ1n) is 8.17. The Bertz CT molecular complexity index is 511. The van der Waals surface area contributed by atoms with Gasteiger partial charge in [-0.2, -0.15) is 0 Å². The van der Waals surface area contributed by atoms with Gasteiger partial charge in [-0.3, -0.25) is 4.79 Å². The van der Waals surface area contributed by atoms with Crippen LogP contribution in [0.25, 0.3) is 0 Å². The van der Waals surface area contributed by atoms with Crippen molar-refractivity contribution < 1.29 is 4.79 Å². The smallest absolute Gasteiger partial charge is 0.225 e. The van der Waals surface area contributed by atoms with Crippen molar-refractivity contribution in [2.24, 2.45) is 11.7 Å². The fraction of sp³-hybridized carbons (Fsp3) is 0.611. The van der Waals surface area contributed by atoms with Crippen LogP contribution in [0, 0.1) is 5.92 Å². The lowest BCUT2D eigenvalue weighted by Gasteiger charge is -2.37. The number of hydrogen-bond donors (Lipinski definition) is 2. The first-order valence-corrected chi connectivity index (χ1v) is 8.17. The molecule has 1 amide bonds. The average molecular weight is 303 g/mol. The number of nitrogens with zero attached hydrogens (tertiary/aromatic N) is 1. The Kier molecular flexibility index (Phi) is 5.59. The summed E-state index contributed by atoms with van der Waals surface area (Å²) in [6.07, 6.45) is 4.06. The van der Waals surface area contributed by atoms with Gasteiger partial charge in [-0.1, -0.05) is 37.1 Å². The van der Waals surface area contributed by atoms with Crippen LogP contribution in [-0.2, 0) is 17.9 Å². The molecule has 2 rings (SSSR count). The zero-order valence-electron chi connectivity index (χ0n) is 14.1. The van der Waals surface area contributed by atoms with Crippen molar-refractivity contribution in [3.05, 3.63) is 35.4 Å². The van der Waals surface area contributed by atoms with E-state index in [1.54, 1.807) is 0 Å². The molecule has 2 unspecified atom stereocenters. The van der Waals surface area contributed by atoms with Gasteiger partial charge in [0, 0.05) is 18.6 Å². The molecular formula is C18H29N3O. The van der Waals surface area contributed by atoms with Crippen molar-refractivity contribution in [2.75, 3.05) is 14.1 Å². The van der Waals surface area contributed by atoms with Gasteiger partial charge in [-0.05, 0) is 45.0 Å². The molecular weight excluding hydrogens is 274 g/mol. The highest BCUT2D eigenvalue weighted by Crippen LogP contribution is 2.31. The molecule has 1 aliphatic carbocycles. The highest BCUT2D eigenvalue weighted by Gasteiger charge is 2.37. The number of benzene rings is 1. The van der Waals surface area contributed by atoms with Gasteiger partial charge in [0.1, 0.15) is 0 Å². The minimum atomic E-state index is -0.366. The van der Waals surface area contributed by atoms with E-state index in [1.165, 1.54) is 5.56 Å². The number of nitrogens with two attached hydrogens (primary N) is 1. The Balaban J connectivity index is 1.93. The van der Waals surface area contributed by atoms with Gasteiger partial charge in [0.2, 0.25) is 5.91 Å². The zero-order chi connectivity index (χ0) is 16.2. The Hall–Kier alpha value is -1.39. The van der Waals surface area contributed by atoms with Gasteiger partial charge in [0.05, 0.1) is 5.92 Å². The van der Waals surface area contributed by atoms with Crippen molar-refractivity contribution >= 4 is 5.91 Å². The van der Waals surface area contributed by atoms with Crippen molar-refractivity contribution in [1.82, 2.24) is 10.2 Å². The molecule has 4 nitrogen and oxygen atoms in total. The summed E-state index contributed by atoms with van der Waals surface area (Å²) in [6, 6.07) is 8.38. The van der Waals surface area contributed by atoms with E-state index in [9.17, 15) is 4.79 Å². The van der Waals surface area contributed by atoms with E-state index in [1.807, 2.05) is 13.0 Å². The monoisotopic (exact) mass is 303 g/mol. The molecule has 1 fully saturated rings. The van der Waals surface area contributed by atoms with Gasteiger partial charge in [-0.25, -0.2) is 0 Å². The van der Waals surface area contributed by atoms with E-state index < -0.39 is 0 Å². The minimum absolute atomic E-state index is 0.0637. The number of nitrogens with one attached hydrogen (secondary N) is 1. The van der Waals surface area contributed by atoms with Gasteiger partial charge >= 0.3 is 0 Å². The first-order chi connectivity index (χ1) is 10.4. The normalized spacial score (nSPS) is 25.2. The summed E-state index contributed by atoms with van der Waals surface area (Å²) in [6.45, 7) is 3.49. The van der Waals surface area contributed by atoms with Gasteiger partial charge in [-0.15, -0.1) is 0 Å². The second kappa shape index (κ2) is 7.25. The Morgan fingerprint density at radius 3 is 2.77 bits per heavy atom. The number of amides is 1. The van der Waals surface area contributed by atoms with E-state index in [4.69, 9.17) is 5.73 Å². The quantitative estimate of drug-likeness (QED) is 0.877. The lowest BCUT2D eigenvalue weighted by atomic mass is 9.74. The molecule has 1 aromatic rings. The van der Waals surface area contributed by atoms with Crippen molar-refractivity contribution in [3.63, 3.8) is 0 Å². The fourth-order valence-electron chi connectivity index (χ4n) is 3.30. The number of carbonyl (C=O) groups excluding carboxylic acids is 1. The van der Waals surface area contributed by atoms with E-state index >= 15 is 0 Å². The molecule has 0 aliphatic heterocycles. The minimum Gasteiger partial charge on any atom is -0.352 e. The van der Waals surface area contributed by atoms with E-state index in [-0.39, 0.29) is 17.4 Å². The Morgan fingerprint density at radius 2 is 2.09 bits per heavy atom. The molecule has 0 aromatic heterocycles. The number of hydrogen-bond acceptors (Lipinski definition) is 3. The average Bonchev–Trinajstić information content (AvgIpc) is 2.44. The van der Waals surface area contributed by atoms with Crippen LogP contribution in [0.2, 0.25) is 0 Å². The maximum Gasteiger partial charge on any atom is 0.225 e. The number of rotatable bonds is 5. The highest BCUT2D eigenvalue weighted by atomic mass is 16.1. The summed E-state index contributed by atoms with van der Waals surface area (Å²) >= 11 is 0. The van der Waals surface area contributed by atoms with Crippen LogP contribution in [0.5, 0.6) is 0 Å². The third-order valence-corrected chi connectivity index (χ3v) is 4.53. The molecule has 0 heterocycles. The van der Waals surface area contributed by atoms with Crippen LogP contribution < -0.4 is 11.1 Å². The molecule has 1 saturated carbocycles. The summed E-state index contributed by atoms with van der Waals surface area (Å²) in [5.41, 5.74) is 8.34. The van der Waals surface area contributed by atoms with E-state index in [0.29, 0.717) is 6.54 Å². The molecule has 1 aliphatic rings.